The molecule has 2 fully saturated rings. The van der Waals surface area contributed by atoms with Crippen LogP contribution in [0.3, 0.4) is 0 Å². The van der Waals surface area contributed by atoms with Crippen LogP contribution in [0, 0.1) is 5.82 Å². The number of hydrogen-bond donors (Lipinski definition) is 1. The molecular formula is C25H27F3N4O6S. The van der Waals surface area contributed by atoms with Crippen molar-refractivity contribution >= 4 is 37.8 Å². The van der Waals surface area contributed by atoms with Crippen molar-refractivity contribution in [3.8, 4) is 11.5 Å². The van der Waals surface area contributed by atoms with E-state index >= 15 is 0 Å². The average Bonchev–Trinajstić information content (AvgIpc) is 3.45. The minimum Gasteiger partial charge on any atom is -0.487 e. The number of rotatable bonds is 9. The van der Waals surface area contributed by atoms with Crippen molar-refractivity contribution in [1.29, 1.82) is 0 Å². The quantitative estimate of drug-likeness (QED) is 0.408. The zero-order valence-corrected chi connectivity index (χ0v) is 22.1. The first-order chi connectivity index (χ1) is 18.6. The van der Waals surface area contributed by atoms with Crippen molar-refractivity contribution in [1.82, 2.24) is 9.97 Å². The highest BCUT2D eigenvalue weighted by atomic mass is 32.2. The molecule has 39 heavy (non-hydrogen) atoms. The third-order valence-corrected chi connectivity index (χ3v) is 6.77. The van der Waals surface area contributed by atoms with E-state index in [9.17, 15) is 17.4 Å². The first-order valence-electron chi connectivity index (χ1n) is 12.0. The zero-order valence-electron chi connectivity index (χ0n) is 21.3. The van der Waals surface area contributed by atoms with Crippen LogP contribution in [0.15, 0.2) is 41.0 Å². The molecule has 0 amide bonds. The number of hydrogen-bond acceptors (Lipinski definition) is 10. The number of fused-ring (bicyclic) bond motifs is 2. The van der Waals surface area contributed by atoms with Crippen molar-refractivity contribution in [2.45, 2.75) is 30.8 Å². The van der Waals surface area contributed by atoms with Crippen molar-refractivity contribution in [3.05, 3.63) is 42.5 Å². The number of methoxy groups -OCH3 is 1. The monoisotopic (exact) mass is 568 g/mol. The smallest absolute Gasteiger partial charge is 0.272 e. The topological polar surface area (TPSA) is 113 Å². The van der Waals surface area contributed by atoms with Crippen LogP contribution in [-0.4, -0.2) is 84.5 Å². The summed E-state index contributed by atoms with van der Waals surface area (Å²) in [5, 5.41) is 3.36. The molecule has 5 rings (SSSR count). The van der Waals surface area contributed by atoms with Gasteiger partial charge in [-0.25, -0.2) is 27.3 Å². The number of halogens is 3. The number of benzene rings is 2. The van der Waals surface area contributed by atoms with Crippen LogP contribution >= 0.6 is 0 Å². The van der Waals surface area contributed by atoms with Crippen molar-refractivity contribution in [3.63, 3.8) is 0 Å². The van der Waals surface area contributed by atoms with E-state index in [-0.39, 0.29) is 47.2 Å². The molecule has 2 aromatic carbocycles. The molecule has 0 aliphatic carbocycles. The van der Waals surface area contributed by atoms with Gasteiger partial charge in [0.05, 0.1) is 35.5 Å². The minimum absolute atomic E-state index is 0.0138. The molecule has 10 nitrogen and oxygen atoms in total. The summed E-state index contributed by atoms with van der Waals surface area (Å²) < 4.78 is 85.3. The Kier molecular flexibility index (Phi) is 7.80. The minimum atomic E-state index is -2.74. The standard InChI is InChI=1S/C25H27F3N4O6S/c1-34-19-9-36-24-20(10-37-23(19)24)38-17-6-13(26)4-5-15(17)31-25-22-16(29-12-30-25)7-14(32-39(2,3)33)8-18(22)35-11-21(27)28/h4-8,12,19-21,23-24H,9-11H2,1-3H3,(H,29,30,31)/t19-,20-,23-,24-/m1/s1. The summed E-state index contributed by atoms with van der Waals surface area (Å²) >= 11 is 0. The number of nitrogens with zero attached hydrogens (tertiary/aromatic N) is 3. The molecule has 0 radical (unpaired) electrons. The van der Waals surface area contributed by atoms with Crippen LogP contribution in [0.5, 0.6) is 11.5 Å². The zero-order chi connectivity index (χ0) is 27.7. The Balaban J connectivity index is 1.50. The van der Waals surface area contributed by atoms with Gasteiger partial charge in [0.15, 0.2) is 6.10 Å². The van der Waals surface area contributed by atoms with Gasteiger partial charge in [-0.1, -0.05) is 0 Å². The summed E-state index contributed by atoms with van der Waals surface area (Å²) in [4.78, 5) is 8.50. The summed E-state index contributed by atoms with van der Waals surface area (Å²) in [7, 11) is -0.976. The highest BCUT2D eigenvalue weighted by Gasteiger charge is 2.49. The van der Waals surface area contributed by atoms with Gasteiger partial charge < -0.3 is 29.0 Å². The fourth-order valence-corrected chi connectivity index (χ4v) is 5.14. The maximum absolute atomic E-state index is 14.3. The fourth-order valence-electron chi connectivity index (χ4n) is 4.53. The summed E-state index contributed by atoms with van der Waals surface area (Å²) in [6.45, 7) is -0.316. The molecule has 2 aliphatic heterocycles. The van der Waals surface area contributed by atoms with Crippen molar-refractivity contribution < 1.29 is 41.1 Å². The molecular weight excluding hydrogens is 541 g/mol. The second-order valence-electron chi connectivity index (χ2n) is 9.33. The SMILES string of the molecule is CO[C@@H]1CO[C@H]2[C@@H]1OC[C@H]2Oc1cc(F)ccc1Nc1ncnc2cc(N=S(C)(C)=O)cc(OCC(F)F)c12. The number of ether oxygens (including phenoxy) is 5. The molecule has 0 saturated carbocycles. The summed E-state index contributed by atoms with van der Waals surface area (Å²) in [5.74, 6) is -0.160. The molecule has 0 unspecified atom stereocenters. The lowest BCUT2D eigenvalue weighted by atomic mass is 10.1. The molecule has 1 aromatic heterocycles. The second kappa shape index (κ2) is 11.1. The maximum atomic E-state index is 14.3. The summed E-state index contributed by atoms with van der Waals surface area (Å²) in [6, 6.07) is 6.86. The first kappa shape index (κ1) is 27.4. The Bertz CT molecular complexity index is 1480. The molecule has 14 heteroatoms. The Labute approximate surface area is 223 Å². The number of alkyl halides is 2. The maximum Gasteiger partial charge on any atom is 0.272 e. The third kappa shape index (κ3) is 6.19. The predicted octanol–water partition coefficient (Wildman–Crippen LogP) is 4.08. The van der Waals surface area contributed by atoms with Gasteiger partial charge in [0, 0.05) is 41.5 Å². The van der Waals surface area contributed by atoms with E-state index in [1.54, 1.807) is 13.2 Å². The molecule has 4 atom stereocenters. The van der Waals surface area contributed by atoms with Crippen molar-refractivity contribution in [2.75, 3.05) is 44.8 Å². The molecule has 3 aromatic rings. The van der Waals surface area contributed by atoms with Gasteiger partial charge in [-0.15, -0.1) is 0 Å². The van der Waals surface area contributed by atoms with Crippen molar-refractivity contribution in [2.24, 2.45) is 4.36 Å². The van der Waals surface area contributed by atoms with E-state index in [0.717, 1.165) is 0 Å². The van der Waals surface area contributed by atoms with E-state index in [4.69, 9.17) is 23.7 Å². The Morgan fingerprint density at radius 1 is 1.10 bits per heavy atom. The fraction of sp³-hybridized carbons (Fsp3) is 0.440. The largest absolute Gasteiger partial charge is 0.487 e. The number of nitrogens with one attached hydrogen (secondary N) is 1. The lowest BCUT2D eigenvalue weighted by Crippen LogP contribution is -2.35. The van der Waals surface area contributed by atoms with Crippen LogP contribution in [-0.2, 0) is 23.9 Å². The van der Waals surface area contributed by atoms with Crippen LogP contribution in [0.25, 0.3) is 10.9 Å². The number of aromatic nitrogens is 2. The van der Waals surface area contributed by atoms with E-state index < -0.39 is 40.8 Å². The summed E-state index contributed by atoms with van der Waals surface area (Å²) in [6.07, 6.45) is -0.0245. The summed E-state index contributed by atoms with van der Waals surface area (Å²) in [5.41, 5.74) is 0.905. The third-order valence-electron chi connectivity index (χ3n) is 6.12. The van der Waals surface area contributed by atoms with Gasteiger partial charge in [-0.3, -0.25) is 0 Å². The van der Waals surface area contributed by atoms with E-state index in [2.05, 4.69) is 19.6 Å². The Hall–Kier alpha value is -3.20. The van der Waals surface area contributed by atoms with Crippen LogP contribution in [0.4, 0.5) is 30.4 Å². The van der Waals surface area contributed by atoms with Crippen LogP contribution < -0.4 is 14.8 Å². The van der Waals surface area contributed by atoms with Gasteiger partial charge in [0.1, 0.15) is 54.4 Å². The van der Waals surface area contributed by atoms with E-state index in [1.807, 2.05) is 0 Å². The highest BCUT2D eigenvalue weighted by molar-refractivity contribution is 7.92. The molecule has 1 N–H and O–H groups in total. The van der Waals surface area contributed by atoms with Gasteiger partial charge in [0.2, 0.25) is 0 Å². The Morgan fingerprint density at radius 3 is 2.56 bits per heavy atom. The molecule has 2 aliphatic rings. The molecule has 210 valence electrons. The second-order valence-corrected chi connectivity index (χ2v) is 11.9. The van der Waals surface area contributed by atoms with Gasteiger partial charge in [0.25, 0.3) is 6.43 Å². The molecule has 2 saturated heterocycles. The molecule has 0 spiro atoms. The molecule has 3 heterocycles. The van der Waals surface area contributed by atoms with Gasteiger partial charge >= 0.3 is 0 Å². The Morgan fingerprint density at radius 2 is 1.85 bits per heavy atom. The average molecular weight is 569 g/mol. The van der Waals surface area contributed by atoms with Crippen LogP contribution in [0.1, 0.15) is 0 Å². The normalized spacial score (nSPS) is 22.7. The highest BCUT2D eigenvalue weighted by Crippen LogP contribution is 2.39. The van der Waals surface area contributed by atoms with E-state index in [0.29, 0.717) is 17.8 Å². The van der Waals surface area contributed by atoms with E-state index in [1.165, 1.54) is 43.1 Å². The van der Waals surface area contributed by atoms with Gasteiger partial charge in [-0.2, -0.15) is 4.36 Å². The van der Waals surface area contributed by atoms with Crippen LogP contribution in [0.2, 0.25) is 0 Å². The lowest BCUT2D eigenvalue weighted by molar-refractivity contribution is -0.0138. The first-order valence-corrected chi connectivity index (χ1v) is 14.3. The predicted molar refractivity (Wildman–Crippen MR) is 137 cm³/mol. The lowest BCUT2D eigenvalue weighted by Gasteiger charge is -2.21. The number of anilines is 2. The molecule has 0 bridgehead atoms. The van der Waals surface area contributed by atoms with Gasteiger partial charge in [-0.05, 0) is 18.2 Å².